The first kappa shape index (κ1) is 23.1. The molecule has 7 nitrogen and oxygen atoms in total. The number of carbonyl (C=O) groups excluding carboxylic acids is 2. The molecule has 170 valence electrons. The number of nitrogens with one attached hydrogen (secondary N) is 2. The van der Waals surface area contributed by atoms with Gasteiger partial charge in [-0.2, -0.15) is 13.2 Å². The second-order valence-electron chi connectivity index (χ2n) is 7.40. The van der Waals surface area contributed by atoms with Crippen LogP contribution in [0, 0.1) is 0 Å². The Bertz CT molecular complexity index is 979. The summed E-state index contributed by atoms with van der Waals surface area (Å²) in [5.74, 6) is -2.90. The van der Waals surface area contributed by atoms with Crippen molar-refractivity contribution in [3.05, 3.63) is 59.7 Å². The fraction of sp³-hybridized carbons (Fsp3) is 0.318. The van der Waals surface area contributed by atoms with E-state index in [0.29, 0.717) is 0 Å². The van der Waals surface area contributed by atoms with Crippen LogP contribution in [0.5, 0.6) is 0 Å². The summed E-state index contributed by atoms with van der Waals surface area (Å²) < 4.78 is 45.0. The number of aliphatic carboxylic acids is 1. The molecule has 2 aromatic carbocycles. The van der Waals surface area contributed by atoms with Crippen LogP contribution in [0.25, 0.3) is 11.1 Å². The molecule has 0 fully saturated rings. The second-order valence-corrected chi connectivity index (χ2v) is 7.40. The molecule has 1 aliphatic carbocycles. The van der Waals surface area contributed by atoms with Crippen LogP contribution in [0.2, 0.25) is 0 Å². The molecule has 10 heteroatoms. The molecule has 2 aromatic rings. The Kier molecular flexibility index (Phi) is 6.71. The Hall–Kier alpha value is -3.56. The number of carboxylic acid groups (broad SMARTS) is 1. The van der Waals surface area contributed by atoms with E-state index >= 15 is 0 Å². The van der Waals surface area contributed by atoms with Crippen molar-refractivity contribution in [2.24, 2.45) is 0 Å². The number of carbonyl (C=O) groups is 3. The SMILES string of the molecule is C[C@@H](NC(=O)CC(NC(=O)OCC1c2ccccc2-c2ccccc21)C(F)(F)F)C(=O)O. The van der Waals surface area contributed by atoms with E-state index < -0.39 is 42.7 Å². The topological polar surface area (TPSA) is 105 Å². The number of ether oxygens (including phenoxy) is 1. The number of alkyl carbamates (subject to hydrolysis) is 1. The number of amides is 2. The van der Waals surface area contributed by atoms with Crippen LogP contribution in [0.15, 0.2) is 48.5 Å². The summed E-state index contributed by atoms with van der Waals surface area (Å²) in [6.07, 6.45) is -7.44. The maximum Gasteiger partial charge on any atom is 0.409 e. The van der Waals surface area contributed by atoms with E-state index in [1.54, 1.807) is 5.32 Å². The summed E-state index contributed by atoms with van der Waals surface area (Å²) in [6, 6.07) is 11.1. The summed E-state index contributed by atoms with van der Waals surface area (Å²) in [5.41, 5.74) is 3.73. The fourth-order valence-corrected chi connectivity index (χ4v) is 3.58. The van der Waals surface area contributed by atoms with Crippen molar-refractivity contribution in [2.45, 2.75) is 37.5 Å². The predicted molar refractivity (Wildman–Crippen MR) is 108 cm³/mol. The van der Waals surface area contributed by atoms with Gasteiger partial charge in [0, 0.05) is 5.92 Å². The number of hydrogen-bond donors (Lipinski definition) is 3. The molecule has 1 unspecified atom stereocenters. The van der Waals surface area contributed by atoms with E-state index in [2.05, 4.69) is 0 Å². The summed E-state index contributed by atoms with van der Waals surface area (Å²) in [7, 11) is 0. The summed E-state index contributed by atoms with van der Waals surface area (Å²) >= 11 is 0. The van der Waals surface area contributed by atoms with E-state index in [0.717, 1.165) is 29.2 Å². The normalized spacial score (nSPS) is 14.6. The average Bonchev–Trinajstić information content (AvgIpc) is 3.05. The zero-order valence-electron chi connectivity index (χ0n) is 17.0. The van der Waals surface area contributed by atoms with Gasteiger partial charge in [0.15, 0.2) is 0 Å². The highest BCUT2D eigenvalue weighted by Gasteiger charge is 2.43. The highest BCUT2D eigenvalue weighted by atomic mass is 19.4. The zero-order chi connectivity index (χ0) is 23.5. The highest BCUT2D eigenvalue weighted by molar-refractivity contribution is 5.84. The number of fused-ring (bicyclic) bond motifs is 3. The third-order valence-electron chi connectivity index (χ3n) is 5.17. The Labute approximate surface area is 181 Å². The van der Waals surface area contributed by atoms with Gasteiger partial charge in [0.05, 0.1) is 6.42 Å². The van der Waals surface area contributed by atoms with Gasteiger partial charge in [-0.3, -0.25) is 9.59 Å². The number of benzene rings is 2. The van der Waals surface area contributed by atoms with E-state index in [-0.39, 0.29) is 12.5 Å². The van der Waals surface area contributed by atoms with Crippen LogP contribution in [0.4, 0.5) is 18.0 Å². The Morgan fingerprint density at radius 1 is 1.00 bits per heavy atom. The third-order valence-corrected chi connectivity index (χ3v) is 5.17. The lowest BCUT2D eigenvalue weighted by Crippen LogP contribution is -2.50. The lowest BCUT2D eigenvalue weighted by Gasteiger charge is -2.22. The zero-order valence-corrected chi connectivity index (χ0v) is 17.0. The van der Waals surface area contributed by atoms with Crippen molar-refractivity contribution < 1.29 is 37.4 Å². The molecular formula is C22H21F3N2O5. The first-order valence-corrected chi connectivity index (χ1v) is 9.78. The van der Waals surface area contributed by atoms with Gasteiger partial charge in [-0.1, -0.05) is 48.5 Å². The Morgan fingerprint density at radius 2 is 1.53 bits per heavy atom. The number of alkyl halides is 3. The van der Waals surface area contributed by atoms with Gasteiger partial charge in [0.1, 0.15) is 18.7 Å². The minimum absolute atomic E-state index is 0.188. The average molecular weight is 450 g/mol. The quantitative estimate of drug-likeness (QED) is 0.600. The maximum atomic E-state index is 13.3. The number of halogens is 3. The molecule has 32 heavy (non-hydrogen) atoms. The van der Waals surface area contributed by atoms with Crippen LogP contribution >= 0.6 is 0 Å². The molecule has 0 aliphatic heterocycles. The molecule has 3 N–H and O–H groups in total. The van der Waals surface area contributed by atoms with Gasteiger partial charge in [0.2, 0.25) is 5.91 Å². The van der Waals surface area contributed by atoms with Gasteiger partial charge in [0.25, 0.3) is 0 Å². The largest absolute Gasteiger partial charge is 0.480 e. The van der Waals surface area contributed by atoms with Crippen molar-refractivity contribution in [3.8, 4) is 11.1 Å². The first-order chi connectivity index (χ1) is 15.1. The van der Waals surface area contributed by atoms with Gasteiger partial charge in [-0.25, -0.2) is 4.79 Å². The molecule has 1 aliphatic rings. The van der Waals surface area contributed by atoms with Gasteiger partial charge < -0.3 is 20.5 Å². The van der Waals surface area contributed by atoms with E-state index in [9.17, 15) is 27.6 Å². The third kappa shape index (κ3) is 5.19. The van der Waals surface area contributed by atoms with Gasteiger partial charge >= 0.3 is 18.2 Å². The standard InChI is InChI=1S/C22H21F3N2O5/c1-12(20(29)30)26-19(28)10-18(22(23,24)25)27-21(31)32-11-17-15-8-4-2-6-13(15)14-7-3-5-9-16(14)17/h2-9,12,17-18H,10-11H2,1H3,(H,26,28)(H,27,31)(H,29,30)/t12-,18?/m1/s1. The minimum Gasteiger partial charge on any atom is -0.480 e. The number of carboxylic acids is 1. The molecule has 0 radical (unpaired) electrons. The summed E-state index contributed by atoms with van der Waals surface area (Å²) in [6.45, 7) is 0.925. The molecule has 0 spiro atoms. The summed E-state index contributed by atoms with van der Waals surface area (Å²) in [4.78, 5) is 34.7. The van der Waals surface area contributed by atoms with Crippen molar-refractivity contribution in [1.82, 2.24) is 10.6 Å². The van der Waals surface area contributed by atoms with Crippen molar-refractivity contribution >= 4 is 18.0 Å². The number of rotatable bonds is 7. The van der Waals surface area contributed by atoms with E-state index in [4.69, 9.17) is 9.84 Å². The van der Waals surface area contributed by atoms with Crippen LogP contribution < -0.4 is 10.6 Å². The second kappa shape index (κ2) is 9.29. The highest BCUT2D eigenvalue weighted by Crippen LogP contribution is 2.44. The van der Waals surface area contributed by atoms with Crippen molar-refractivity contribution in [3.63, 3.8) is 0 Å². The lowest BCUT2D eigenvalue weighted by atomic mass is 9.98. The molecule has 0 saturated heterocycles. The Balaban J connectivity index is 1.65. The van der Waals surface area contributed by atoms with Crippen LogP contribution in [-0.2, 0) is 14.3 Å². The molecule has 0 bridgehead atoms. The van der Waals surface area contributed by atoms with Crippen LogP contribution in [-0.4, -0.2) is 47.9 Å². The van der Waals surface area contributed by atoms with Crippen LogP contribution in [0.3, 0.4) is 0 Å². The monoisotopic (exact) mass is 450 g/mol. The molecule has 0 saturated carbocycles. The van der Waals surface area contributed by atoms with Crippen molar-refractivity contribution in [1.29, 1.82) is 0 Å². The Morgan fingerprint density at radius 3 is 2.03 bits per heavy atom. The first-order valence-electron chi connectivity index (χ1n) is 9.78. The minimum atomic E-state index is -4.94. The lowest BCUT2D eigenvalue weighted by molar-refractivity contribution is -0.160. The number of hydrogen-bond acceptors (Lipinski definition) is 4. The smallest absolute Gasteiger partial charge is 0.409 e. The predicted octanol–water partition coefficient (Wildman–Crippen LogP) is 3.44. The van der Waals surface area contributed by atoms with Gasteiger partial charge in [-0.05, 0) is 29.2 Å². The van der Waals surface area contributed by atoms with Crippen LogP contribution in [0.1, 0.15) is 30.4 Å². The van der Waals surface area contributed by atoms with E-state index in [1.165, 1.54) is 0 Å². The van der Waals surface area contributed by atoms with Crippen molar-refractivity contribution in [2.75, 3.05) is 6.61 Å². The molecule has 0 aromatic heterocycles. The molecular weight excluding hydrogens is 429 g/mol. The van der Waals surface area contributed by atoms with E-state index in [1.807, 2.05) is 53.8 Å². The van der Waals surface area contributed by atoms with Gasteiger partial charge in [-0.15, -0.1) is 0 Å². The molecule has 2 amide bonds. The summed E-state index contributed by atoms with van der Waals surface area (Å²) in [5, 5.41) is 12.3. The fourth-order valence-electron chi connectivity index (χ4n) is 3.58. The molecule has 2 atom stereocenters. The molecule has 0 heterocycles. The maximum absolute atomic E-state index is 13.3. The molecule has 3 rings (SSSR count).